The largest absolute Gasteiger partial charge is 0.494 e. The van der Waals surface area contributed by atoms with Crippen molar-refractivity contribution in [3.63, 3.8) is 0 Å². The second kappa shape index (κ2) is 10.2. The highest BCUT2D eigenvalue weighted by Crippen LogP contribution is 2.28. The van der Waals surface area contributed by atoms with Gasteiger partial charge in [-0.15, -0.1) is 0 Å². The lowest BCUT2D eigenvalue weighted by molar-refractivity contribution is 0.180. The van der Waals surface area contributed by atoms with Gasteiger partial charge >= 0.3 is 0 Å². The lowest BCUT2D eigenvalue weighted by Crippen LogP contribution is -2.34. The fourth-order valence-corrected chi connectivity index (χ4v) is 3.68. The lowest BCUT2D eigenvalue weighted by Gasteiger charge is -2.30. The Kier molecular flexibility index (Phi) is 8.29. The van der Waals surface area contributed by atoms with Gasteiger partial charge < -0.3 is 9.64 Å². The van der Waals surface area contributed by atoms with E-state index in [9.17, 15) is 0 Å². The number of likely N-dealkylation sites (tertiary alicyclic amines) is 1. The molecule has 0 aliphatic carbocycles. The minimum Gasteiger partial charge on any atom is -0.494 e. The first-order chi connectivity index (χ1) is 12.0. The van der Waals surface area contributed by atoms with Crippen molar-refractivity contribution >= 4 is 0 Å². The predicted molar refractivity (Wildman–Crippen MR) is 109 cm³/mol. The van der Waals surface area contributed by atoms with Crippen LogP contribution in [0.15, 0.2) is 24.3 Å². The summed E-state index contributed by atoms with van der Waals surface area (Å²) in [5.41, 5.74) is 1.65. The Morgan fingerprint density at radius 3 is 2.48 bits per heavy atom. The van der Waals surface area contributed by atoms with Crippen LogP contribution in [0.1, 0.15) is 78.2 Å². The standard InChI is InChI=1S/C23H39NO/c1-5-23(3,4)21-12-14-22(15-13-21)25-18-9-7-6-8-16-24-17-10-11-20(2)19-24/h12-15,20H,5-11,16-19H2,1-4H3. The molecule has 1 aromatic rings. The van der Waals surface area contributed by atoms with Gasteiger partial charge in [-0.2, -0.15) is 0 Å². The fraction of sp³-hybridized carbons (Fsp3) is 0.739. The highest BCUT2D eigenvalue weighted by Gasteiger charge is 2.17. The molecule has 1 aliphatic rings. The number of ether oxygens (including phenoxy) is 1. The Balaban J connectivity index is 1.54. The third kappa shape index (κ3) is 7.01. The highest BCUT2D eigenvalue weighted by atomic mass is 16.5. The first kappa shape index (κ1) is 20.3. The van der Waals surface area contributed by atoms with Crippen LogP contribution in [-0.2, 0) is 5.41 Å². The molecular weight excluding hydrogens is 306 g/mol. The molecule has 0 radical (unpaired) electrons. The van der Waals surface area contributed by atoms with Crippen LogP contribution in [0.2, 0.25) is 0 Å². The third-order valence-electron chi connectivity index (χ3n) is 5.90. The van der Waals surface area contributed by atoms with E-state index in [-0.39, 0.29) is 5.41 Å². The van der Waals surface area contributed by atoms with Crippen LogP contribution in [0.5, 0.6) is 5.75 Å². The van der Waals surface area contributed by atoms with Gasteiger partial charge in [0.25, 0.3) is 0 Å². The van der Waals surface area contributed by atoms with Crippen molar-refractivity contribution < 1.29 is 4.74 Å². The summed E-state index contributed by atoms with van der Waals surface area (Å²) in [7, 11) is 0. The molecule has 0 spiro atoms. The van der Waals surface area contributed by atoms with Crippen LogP contribution >= 0.6 is 0 Å². The van der Waals surface area contributed by atoms with E-state index < -0.39 is 0 Å². The van der Waals surface area contributed by atoms with E-state index in [2.05, 4.69) is 56.9 Å². The van der Waals surface area contributed by atoms with Gasteiger partial charge in [0.2, 0.25) is 0 Å². The minimum absolute atomic E-state index is 0.255. The monoisotopic (exact) mass is 345 g/mol. The van der Waals surface area contributed by atoms with Gasteiger partial charge in [-0.1, -0.05) is 52.7 Å². The first-order valence-corrected chi connectivity index (χ1v) is 10.5. The SMILES string of the molecule is CCC(C)(C)c1ccc(OCCCCCCN2CCCC(C)C2)cc1. The lowest BCUT2D eigenvalue weighted by atomic mass is 9.82. The topological polar surface area (TPSA) is 12.5 Å². The van der Waals surface area contributed by atoms with E-state index in [1.165, 1.54) is 63.7 Å². The third-order valence-corrected chi connectivity index (χ3v) is 5.90. The van der Waals surface area contributed by atoms with Crippen LogP contribution < -0.4 is 4.74 Å². The zero-order valence-electron chi connectivity index (χ0n) is 17.0. The Hall–Kier alpha value is -1.02. The maximum absolute atomic E-state index is 5.91. The second-order valence-electron chi connectivity index (χ2n) is 8.57. The number of nitrogens with zero attached hydrogens (tertiary/aromatic N) is 1. The molecule has 1 unspecified atom stereocenters. The van der Waals surface area contributed by atoms with Crippen molar-refractivity contribution in [3.05, 3.63) is 29.8 Å². The molecule has 2 heteroatoms. The summed E-state index contributed by atoms with van der Waals surface area (Å²) >= 11 is 0. The van der Waals surface area contributed by atoms with Crippen LogP contribution in [0.3, 0.4) is 0 Å². The van der Waals surface area contributed by atoms with Crippen molar-refractivity contribution in [2.75, 3.05) is 26.2 Å². The molecule has 1 aromatic carbocycles. The van der Waals surface area contributed by atoms with E-state index >= 15 is 0 Å². The minimum atomic E-state index is 0.255. The van der Waals surface area contributed by atoms with Gasteiger partial charge in [0.15, 0.2) is 0 Å². The van der Waals surface area contributed by atoms with Gasteiger partial charge in [-0.3, -0.25) is 0 Å². The van der Waals surface area contributed by atoms with E-state index in [1.54, 1.807) is 0 Å². The molecule has 0 saturated carbocycles. The van der Waals surface area contributed by atoms with Crippen molar-refractivity contribution in [2.45, 2.75) is 78.1 Å². The number of rotatable bonds is 10. The molecule has 1 aliphatic heterocycles. The molecule has 1 fully saturated rings. The summed E-state index contributed by atoms with van der Waals surface area (Å²) in [5.74, 6) is 1.91. The van der Waals surface area contributed by atoms with Crippen LogP contribution in [-0.4, -0.2) is 31.1 Å². The molecule has 0 bridgehead atoms. The molecule has 2 rings (SSSR count). The van der Waals surface area contributed by atoms with E-state index in [4.69, 9.17) is 4.74 Å². The molecule has 25 heavy (non-hydrogen) atoms. The summed E-state index contributed by atoms with van der Waals surface area (Å²) < 4.78 is 5.91. The number of unbranched alkanes of at least 4 members (excludes halogenated alkanes) is 3. The predicted octanol–water partition coefficient (Wildman–Crippen LogP) is 6.05. The van der Waals surface area contributed by atoms with Crippen LogP contribution in [0.25, 0.3) is 0 Å². The fourth-order valence-electron chi connectivity index (χ4n) is 3.68. The molecule has 1 heterocycles. The van der Waals surface area contributed by atoms with Crippen molar-refractivity contribution in [1.29, 1.82) is 0 Å². The second-order valence-corrected chi connectivity index (χ2v) is 8.57. The molecule has 0 aromatic heterocycles. The summed E-state index contributed by atoms with van der Waals surface area (Å²) in [6.07, 6.45) is 9.09. The van der Waals surface area contributed by atoms with E-state index in [1.807, 2.05) is 0 Å². The van der Waals surface area contributed by atoms with Crippen molar-refractivity contribution in [1.82, 2.24) is 4.90 Å². The van der Waals surface area contributed by atoms with Gasteiger partial charge in [0.1, 0.15) is 5.75 Å². The Morgan fingerprint density at radius 1 is 1.08 bits per heavy atom. The number of hydrogen-bond acceptors (Lipinski definition) is 2. The molecule has 2 nitrogen and oxygen atoms in total. The molecule has 1 atom stereocenters. The summed E-state index contributed by atoms with van der Waals surface area (Å²) in [4.78, 5) is 2.66. The smallest absolute Gasteiger partial charge is 0.119 e. The molecule has 142 valence electrons. The van der Waals surface area contributed by atoms with Gasteiger partial charge in [0, 0.05) is 6.54 Å². The normalized spacial score (nSPS) is 19.1. The highest BCUT2D eigenvalue weighted by molar-refractivity contribution is 5.31. The maximum Gasteiger partial charge on any atom is 0.119 e. The zero-order valence-corrected chi connectivity index (χ0v) is 17.0. The Bertz CT molecular complexity index is 479. The van der Waals surface area contributed by atoms with Gasteiger partial charge in [-0.05, 0) is 74.2 Å². The maximum atomic E-state index is 5.91. The quantitative estimate of drug-likeness (QED) is 0.479. The molecular formula is C23H39NO. The van der Waals surface area contributed by atoms with Gasteiger partial charge in [0.05, 0.1) is 6.61 Å². The average Bonchev–Trinajstić information content (AvgIpc) is 2.61. The van der Waals surface area contributed by atoms with E-state index in [0.717, 1.165) is 24.7 Å². The summed E-state index contributed by atoms with van der Waals surface area (Å²) in [6.45, 7) is 14.0. The first-order valence-electron chi connectivity index (χ1n) is 10.5. The molecule has 1 saturated heterocycles. The van der Waals surface area contributed by atoms with E-state index in [0.29, 0.717) is 0 Å². The Labute approximate surface area is 156 Å². The van der Waals surface area contributed by atoms with Crippen molar-refractivity contribution in [3.8, 4) is 5.75 Å². The number of hydrogen-bond donors (Lipinski definition) is 0. The summed E-state index contributed by atoms with van der Waals surface area (Å²) in [5, 5.41) is 0. The zero-order chi connectivity index (χ0) is 18.1. The average molecular weight is 346 g/mol. The number of piperidine rings is 1. The van der Waals surface area contributed by atoms with Crippen LogP contribution in [0, 0.1) is 5.92 Å². The van der Waals surface area contributed by atoms with Crippen LogP contribution in [0.4, 0.5) is 0 Å². The van der Waals surface area contributed by atoms with Gasteiger partial charge in [-0.25, -0.2) is 0 Å². The number of benzene rings is 1. The summed E-state index contributed by atoms with van der Waals surface area (Å²) in [6, 6.07) is 8.70. The molecule has 0 amide bonds. The Morgan fingerprint density at radius 2 is 1.80 bits per heavy atom. The molecule has 0 N–H and O–H groups in total. The van der Waals surface area contributed by atoms with Crippen molar-refractivity contribution in [2.24, 2.45) is 5.92 Å².